The molecule has 2 N–H and O–H groups in total. The molecule has 0 bridgehead atoms. The summed E-state index contributed by atoms with van der Waals surface area (Å²) in [6.45, 7) is 11.6. The Hall–Kier alpha value is -1.39. The topological polar surface area (TPSA) is 48.4 Å². The average Bonchev–Trinajstić information content (AvgIpc) is 2.56. The van der Waals surface area contributed by atoms with E-state index in [1.165, 1.54) is 7.11 Å². The van der Waals surface area contributed by atoms with Gasteiger partial charge >= 0.3 is 0 Å². The van der Waals surface area contributed by atoms with E-state index < -0.39 is 0 Å². The van der Waals surface area contributed by atoms with E-state index >= 15 is 0 Å². The van der Waals surface area contributed by atoms with Crippen molar-refractivity contribution in [1.29, 1.82) is 5.41 Å². The van der Waals surface area contributed by atoms with Gasteiger partial charge < -0.3 is 15.0 Å². The van der Waals surface area contributed by atoms with Crippen LogP contribution in [-0.2, 0) is 4.74 Å². The molecule has 0 radical (unpaired) electrons. The third-order valence-corrected chi connectivity index (χ3v) is 3.11. The number of methoxy groups -OCH3 is 1. The summed E-state index contributed by atoms with van der Waals surface area (Å²) in [6, 6.07) is 0. The molecular formula is C17H31N3O. The molecule has 0 spiro atoms. The Bertz CT molecular complexity index is 353. The highest BCUT2D eigenvalue weighted by molar-refractivity contribution is 5.85. The number of piperazine rings is 1. The Kier molecular flexibility index (Phi) is 12.7. The molecule has 1 rings (SSSR count). The number of hydrogen-bond donors (Lipinski definition) is 2. The van der Waals surface area contributed by atoms with Crippen LogP contribution < -0.4 is 5.32 Å². The molecule has 1 aliphatic heterocycles. The number of ether oxygens (including phenoxy) is 1. The summed E-state index contributed by atoms with van der Waals surface area (Å²) >= 11 is 0. The number of hydrogen-bond acceptors (Lipinski definition) is 4. The van der Waals surface area contributed by atoms with Crippen LogP contribution in [0, 0.1) is 5.41 Å². The van der Waals surface area contributed by atoms with Crippen molar-refractivity contribution in [3.05, 3.63) is 36.0 Å². The second-order valence-electron chi connectivity index (χ2n) is 4.47. The molecule has 0 aliphatic carbocycles. The fourth-order valence-electron chi connectivity index (χ4n) is 1.90. The summed E-state index contributed by atoms with van der Waals surface area (Å²) in [5.41, 5.74) is 1.10. The molecule has 0 aromatic rings. The summed E-state index contributed by atoms with van der Waals surface area (Å²) in [5.74, 6) is 0.175. The molecule has 0 aromatic heterocycles. The second-order valence-corrected chi connectivity index (χ2v) is 4.47. The second kappa shape index (κ2) is 13.6. The van der Waals surface area contributed by atoms with Crippen LogP contribution in [0.4, 0.5) is 0 Å². The summed E-state index contributed by atoms with van der Waals surface area (Å²) in [6.07, 6.45) is 10.9. The number of rotatable bonds is 6. The van der Waals surface area contributed by atoms with Gasteiger partial charge in [0.1, 0.15) is 0 Å². The summed E-state index contributed by atoms with van der Waals surface area (Å²) in [7, 11) is 1.51. The van der Waals surface area contributed by atoms with Crippen molar-refractivity contribution >= 4 is 5.90 Å². The minimum atomic E-state index is 0.175. The fraction of sp³-hybridized carbons (Fsp3) is 0.588. The van der Waals surface area contributed by atoms with E-state index in [0.29, 0.717) is 0 Å². The van der Waals surface area contributed by atoms with Gasteiger partial charge in [0.2, 0.25) is 5.90 Å². The monoisotopic (exact) mass is 293 g/mol. The van der Waals surface area contributed by atoms with E-state index in [9.17, 15) is 0 Å². The average molecular weight is 293 g/mol. The van der Waals surface area contributed by atoms with E-state index in [4.69, 9.17) is 10.1 Å². The van der Waals surface area contributed by atoms with Crippen LogP contribution in [0.25, 0.3) is 0 Å². The molecule has 0 unspecified atom stereocenters. The van der Waals surface area contributed by atoms with E-state index in [0.717, 1.165) is 44.7 Å². The Balaban J connectivity index is 0.00000191. The van der Waals surface area contributed by atoms with Crippen molar-refractivity contribution < 1.29 is 4.74 Å². The minimum Gasteiger partial charge on any atom is -0.481 e. The van der Waals surface area contributed by atoms with Crippen molar-refractivity contribution in [3.63, 3.8) is 0 Å². The lowest BCUT2D eigenvalue weighted by Gasteiger charge is -2.26. The molecule has 1 aliphatic rings. The molecule has 0 saturated carbocycles. The lowest BCUT2D eigenvalue weighted by atomic mass is 10.2. The third kappa shape index (κ3) is 10.0. The zero-order valence-electron chi connectivity index (χ0n) is 14.0. The van der Waals surface area contributed by atoms with Crippen LogP contribution in [0.15, 0.2) is 36.0 Å². The van der Waals surface area contributed by atoms with E-state index in [1.807, 2.05) is 32.9 Å². The Labute approximate surface area is 130 Å². The normalized spacial score (nSPS) is 16.9. The molecule has 1 fully saturated rings. The molecule has 0 aromatic carbocycles. The molecule has 0 amide bonds. The van der Waals surface area contributed by atoms with Gasteiger partial charge in [0.25, 0.3) is 0 Å². The molecule has 120 valence electrons. The van der Waals surface area contributed by atoms with Gasteiger partial charge in [-0.15, -0.1) is 0 Å². The van der Waals surface area contributed by atoms with Gasteiger partial charge in [0.15, 0.2) is 0 Å². The largest absolute Gasteiger partial charge is 0.481 e. The van der Waals surface area contributed by atoms with Gasteiger partial charge in [0, 0.05) is 38.8 Å². The number of nitrogens with zero attached hydrogens (tertiary/aromatic N) is 1. The first-order chi connectivity index (χ1) is 10.3. The van der Waals surface area contributed by atoms with Crippen molar-refractivity contribution in [2.24, 2.45) is 0 Å². The van der Waals surface area contributed by atoms with E-state index in [1.54, 1.807) is 6.08 Å². The number of nitrogens with one attached hydrogen (secondary N) is 2. The standard InChI is InChI=1S/C15H25N3O.C2H6/c1-3-14(7-8-15(16)19-2)6-4-5-11-18-12-9-17-10-13-18;1-2/h3-4,6-8,16-17H,5,9-13H2,1-2H3;1-2H3/b6-4-,8-7+,14-3+,16-15?;. The van der Waals surface area contributed by atoms with Crippen LogP contribution in [-0.4, -0.2) is 50.6 Å². The smallest absolute Gasteiger partial charge is 0.205 e. The highest BCUT2D eigenvalue weighted by Crippen LogP contribution is 2.02. The minimum absolute atomic E-state index is 0.175. The first-order valence-electron chi connectivity index (χ1n) is 7.83. The summed E-state index contributed by atoms with van der Waals surface area (Å²) in [5, 5.41) is 10.7. The third-order valence-electron chi connectivity index (χ3n) is 3.11. The maximum Gasteiger partial charge on any atom is 0.205 e. The van der Waals surface area contributed by atoms with Crippen LogP contribution in [0.1, 0.15) is 27.2 Å². The molecule has 0 atom stereocenters. The lowest BCUT2D eigenvalue weighted by Crippen LogP contribution is -2.43. The molecule has 1 heterocycles. The molecular weight excluding hydrogens is 262 g/mol. The van der Waals surface area contributed by atoms with Crippen molar-refractivity contribution in [2.45, 2.75) is 27.2 Å². The van der Waals surface area contributed by atoms with Crippen molar-refractivity contribution in [2.75, 3.05) is 39.8 Å². The van der Waals surface area contributed by atoms with Gasteiger partial charge in [-0.3, -0.25) is 5.41 Å². The van der Waals surface area contributed by atoms with Gasteiger partial charge in [-0.2, -0.15) is 0 Å². The predicted molar refractivity (Wildman–Crippen MR) is 92.0 cm³/mol. The SMILES string of the molecule is C/C=C(\C=C/CCN1CCNCC1)/C=C/C(=N)OC.CC. The maximum absolute atomic E-state index is 7.38. The van der Waals surface area contributed by atoms with Crippen molar-refractivity contribution in [1.82, 2.24) is 10.2 Å². The van der Waals surface area contributed by atoms with Gasteiger partial charge in [0.05, 0.1) is 7.11 Å². The Morgan fingerprint density at radius 1 is 1.19 bits per heavy atom. The maximum atomic E-state index is 7.38. The quantitative estimate of drug-likeness (QED) is 0.450. The van der Waals surface area contributed by atoms with E-state index in [-0.39, 0.29) is 5.90 Å². The van der Waals surface area contributed by atoms with Gasteiger partial charge in [-0.25, -0.2) is 0 Å². The molecule has 4 heteroatoms. The predicted octanol–water partition coefficient (Wildman–Crippen LogP) is 2.99. The van der Waals surface area contributed by atoms with Crippen molar-refractivity contribution in [3.8, 4) is 0 Å². The van der Waals surface area contributed by atoms with Crippen LogP contribution >= 0.6 is 0 Å². The highest BCUT2D eigenvalue weighted by Gasteiger charge is 2.07. The highest BCUT2D eigenvalue weighted by atomic mass is 16.5. The Morgan fingerprint density at radius 3 is 2.43 bits per heavy atom. The van der Waals surface area contributed by atoms with Crippen LogP contribution in [0.2, 0.25) is 0 Å². The number of allylic oxidation sites excluding steroid dienone is 4. The fourth-order valence-corrected chi connectivity index (χ4v) is 1.90. The zero-order chi connectivity index (χ0) is 15.9. The first-order valence-corrected chi connectivity index (χ1v) is 7.83. The summed E-state index contributed by atoms with van der Waals surface area (Å²) in [4.78, 5) is 2.48. The molecule has 21 heavy (non-hydrogen) atoms. The molecule has 4 nitrogen and oxygen atoms in total. The van der Waals surface area contributed by atoms with Gasteiger partial charge in [-0.1, -0.05) is 32.1 Å². The van der Waals surface area contributed by atoms with Crippen LogP contribution in [0.3, 0.4) is 0 Å². The lowest BCUT2D eigenvalue weighted by molar-refractivity contribution is 0.245. The Morgan fingerprint density at radius 2 is 1.86 bits per heavy atom. The zero-order valence-corrected chi connectivity index (χ0v) is 14.0. The van der Waals surface area contributed by atoms with E-state index in [2.05, 4.69) is 22.4 Å². The molecule has 1 saturated heterocycles. The first kappa shape index (κ1) is 19.6. The van der Waals surface area contributed by atoms with Gasteiger partial charge in [-0.05, 0) is 25.0 Å². The summed E-state index contributed by atoms with van der Waals surface area (Å²) < 4.78 is 4.78. The van der Waals surface area contributed by atoms with Crippen LogP contribution in [0.5, 0.6) is 0 Å².